The third-order valence-electron chi connectivity index (χ3n) is 2.65. The number of pyridine rings is 1. The molecule has 0 fully saturated rings. The van der Waals surface area contributed by atoms with Crippen molar-refractivity contribution in [2.24, 2.45) is 5.92 Å². The van der Waals surface area contributed by atoms with Crippen molar-refractivity contribution in [3.05, 3.63) is 22.3 Å². The second-order valence-electron chi connectivity index (χ2n) is 4.19. The first-order valence-corrected chi connectivity index (χ1v) is 6.23. The summed E-state index contributed by atoms with van der Waals surface area (Å²) >= 11 is 3.56. The topological polar surface area (TPSA) is 24.9 Å². The minimum Gasteiger partial charge on any atom is -0.366 e. The average molecular weight is 271 g/mol. The summed E-state index contributed by atoms with van der Waals surface area (Å²) in [7, 11) is 0. The normalized spacial score (nSPS) is 12.9. The van der Waals surface area contributed by atoms with E-state index in [2.05, 4.69) is 53.9 Å². The molecule has 1 N–H and O–H groups in total. The predicted molar refractivity (Wildman–Crippen MR) is 69.2 cm³/mol. The molecule has 0 aromatic carbocycles. The zero-order valence-corrected chi connectivity index (χ0v) is 11.4. The number of hydrogen-bond donors (Lipinski definition) is 1. The highest BCUT2D eigenvalue weighted by atomic mass is 79.9. The van der Waals surface area contributed by atoms with Gasteiger partial charge in [-0.2, -0.15) is 0 Å². The van der Waals surface area contributed by atoms with Crippen molar-refractivity contribution >= 4 is 21.7 Å². The molecule has 0 aliphatic heterocycles. The van der Waals surface area contributed by atoms with Crippen molar-refractivity contribution in [2.75, 3.05) is 5.32 Å². The summed E-state index contributed by atoms with van der Waals surface area (Å²) in [6.45, 7) is 8.73. The van der Waals surface area contributed by atoms with E-state index in [-0.39, 0.29) is 0 Å². The van der Waals surface area contributed by atoms with Crippen LogP contribution in [0.5, 0.6) is 0 Å². The highest BCUT2D eigenvalue weighted by Crippen LogP contribution is 2.25. The summed E-state index contributed by atoms with van der Waals surface area (Å²) in [5.41, 5.74) is 1.21. The molecule has 1 aromatic heterocycles. The van der Waals surface area contributed by atoms with E-state index in [1.165, 1.54) is 5.56 Å². The van der Waals surface area contributed by atoms with E-state index in [4.69, 9.17) is 0 Å². The van der Waals surface area contributed by atoms with Gasteiger partial charge in [-0.05, 0) is 46.8 Å². The molecule has 1 unspecified atom stereocenters. The number of halogens is 1. The molecule has 1 aromatic rings. The fraction of sp³-hybridized carbons (Fsp3) is 0.583. The molecule has 1 atom stereocenters. The van der Waals surface area contributed by atoms with Crippen molar-refractivity contribution in [1.82, 2.24) is 4.98 Å². The maximum atomic E-state index is 4.35. The van der Waals surface area contributed by atoms with Gasteiger partial charge in [-0.15, -0.1) is 0 Å². The van der Waals surface area contributed by atoms with Gasteiger partial charge in [-0.3, -0.25) is 0 Å². The Kier molecular flexibility index (Phi) is 4.58. The monoisotopic (exact) mass is 270 g/mol. The zero-order valence-electron chi connectivity index (χ0n) is 9.84. The van der Waals surface area contributed by atoms with Gasteiger partial charge in [-0.1, -0.05) is 20.8 Å². The Hall–Kier alpha value is -0.570. The fourth-order valence-electron chi connectivity index (χ4n) is 1.56. The maximum absolute atomic E-state index is 4.35. The van der Waals surface area contributed by atoms with Crippen molar-refractivity contribution in [3.8, 4) is 0 Å². The summed E-state index contributed by atoms with van der Waals surface area (Å²) in [6, 6.07) is 2.49. The van der Waals surface area contributed by atoms with E-state index in [1.807, 2.05) is 12.3 Å². The number of nitrogens with zero attached hydrogens (tertiary/aromatic N) is 1. The zero-order chi connectivity index (χ0) is 11.4. The van der Waals surface area contributed by atoms with Crippen LogP contribution in [0.2, 0.25) is 0 Å². The van der Waals surface area contributed by atoms with E-state index in [0.29, 0.717) is 12.0 Å². The van der Waals surface area contributed by atoms with Crippen LogP contribution in [0.4, 0.5) is 5.82 Å². The van der Waals surface area contributed by atoms with Crippen LogP contribution >= 0.6 is 15.9 Å². The van der Waals surface area contributed by atoms with Crippen LogP contribution in [0, 0.1) is 12.8 Å². The van der Waals surface area contributed by atoms with E-state index < -0.39 is 0 Å². The van der Waals surface area contributed by atoms with Gasteiger partial charge in [0.1, 0.15) is 5.82 Å². The predicted octanol–water partition coefficient (Wildman–Crippen LogP) is 4.00. The molecule has 0 aliphatic rings. The van der Waals surface area contributed by atoms with E-state index in [9.17, 15) is 0 Å². The lowest BCUT2D eigenvalue weighted by atomic mass is 10.0. The Morgan fingerprint density at radius 3 is 2.67 bits per heavy atom. The summed E-state index contributed by atoms with van der Waals surface area (Å²) in [5.74, 6) is 1.57. The lowest BCUT2D eigenvalue weighted by Crippen LogP contribution is -2.25. The smallest absolute Gasteiger partial charge is 0.140 e. The molecule has 0 spiro atoms. The standard InChI is InChI=1S/C12H19BrN2/c1-5-10(8(2)3)15-12-11(13)9(4)6-7-14-12/h6-8,10H,5H2,1-4H3,(H,14,15). The molecular weight excluding hydrogens is 252 g/mol. The molecule has 1 rings (SSSR count). The molecule has 3 heteroatoms. The quantitative estimate of drug-likeness (QED) is 0.895. The molecule has 1 heterocycles. The lowest BCUT2D eigenvalue weighted by molar-refractivity contribution is 0.509. The molecular formula is C12H19BrN2. The molecule has 0 radical (unpaired) electrons. The first-order valence-electron chi connectivity index (χ1n) is 5.43. The second kappa shape index (κ2) is 5.50. The number of hydrogen-bond acceptors (Lipinski definition) is 2. The van der Waals surface area contributed by atoms with Gasteiger partial charge in [0, 0.05) is 12.2 Å². The van der Waals surface area contributed by atoms with Crippen LogP contribution in [0.3, 0.4) is 0 Å². The minimum atomic E-state index is 0.482. The number of aryl methyl sites for hydroxylation is 1. The largest absolute Gasteiger partial charge is 0.366 e. The number of nitrogens with one attached hydrogen (secondary N) is 1. The van der Waals surface area contributed by atoms with Crippen molar-refractivity contribution in [2.45, 2.75) is 40.2 Å². The first-order chi connectivity index (χ1) is 7.06. The van der Waals surface area contributed by atoms with Crippen LogP contribution in [-0.2, 0) is 0 Å². The van der Waals surface area contributed by atoms with Gasteiger partial charge in [0.2, 0.25) is 0 Å². The minimum absolute atomic E-state index is 0.482. The summed E-state index contributed by atoms with van der Waals surface area (Å²) < 4.78 is 1.07. The van der Waals surface area contributed by atoms with Gasteiger partial charge in [0.25, 0.3) is 0 Å². The SMILES string of the molecule is CCC(Nc1nccc(C)c1Br)C(C)C. The van der Waals surface area contributed by atoms with Crippen molar-refractivity contribution < 1.29 is 0 Å². The van der Waals surface area contributed by atoms with Crippen LogP contribution in [0.1, 0.15) is 32.8 Å². The highest BCUT2D eigenvalue weighted by Gasteiger charge is 2.13. The molecule has 0 aliphatic carbocycles. The summed E-state index contributed by atoms with van der Waals surface area (Å²) in [5, 5.41) is 3.48. The van der Waals surface area contributed by atoms with Crippen LogP contribution in [-0.4, -0.2) is 11.0 Å². The summed E-state index contributed by atoms with van der Waals surface area (Å²) in [6.07, 6.45) is 2.95. The Labute approximate surface area is 101 Å². The third kappa shape index (κ3) is 3.20. The van der Waals surface area contributed by atoms with Gasteiger partial charge in [0.15, 0.2) is 0 Å². The number of aromatic nitrogens is 1. The Balaban J connectivity index is 2.84. The second-order valence-corrected chi connectivity index (χ2v) is 4.99. The molecule has 0 saturated carbocycles. The molecule has 0 saturated heterocycles. The van der Waals surface area contributed by atoms with Crippen molar-refractivity contribution in [1.29, 1.82) is 0 Å². The Morgan fingerprint density at radius 2 is 2.13 bits per heavy atom. The first kappa shape index (κ1) is 12.5. The molecule has 15 heavy (non-hydrogen) atoms. The molecule has 84 valence electrons. The maximum Gasteiger partial charge on any atom is 0.140 e. The molecule has 0 bridgehead atoms. The van der Waals surface area contributed by atoms with Crippen LogP contribution in [0.25, 0.3) is 0 Å². The fourth-order valence-corrected chi connectivity index (χ4v) is 1.91. The van der Waals surface area contributed by atoms with Gasteiger partial charge >= 0.3 is 0 Å². The van der Waals surface area contributed by atoms with Crippen LogP contribution < -0.4 is 5.32 Å². The molecule has 0 amide bonds. The van der Waals surface area contributed by atoms with Gasteiger partial charge in [0.05, 0.1) is 4.47 Å². The van der Waals surface area contributed by atoms with E-state index in [1.54, 1.807) is 0 Å². The average Bonchev–Trinajstić information content (AvgIpc) is 2.19. The van der Waals surface area contributed by atoms with Crippen molar-refractivity contribution in [3.63, 3.8) is 0 Å². The third-order valence-corrected chi connectivity index (χ3v) is 3.65. The van der Waals surface area contributed by atoms with Gasteiger partial charge < -0.3 is 5.32 Å². The number of anilines is 1. The van der Waals surface area contributed by atoms with Crippen LogP contribution in [0.15, 0.2) is 16.7 Å². The summed E-state index contributed by atoms with van der Waals surface area (Å²) in [4.78, 5) is 4.35. The van der Waals surface area contributed by atoms with E-state index in [0.717, 1.165) is 16.7 Å². The Bertz CT molecular complexity index is 323. The van der Waals surface area contributed by atoms with E-state index >= 15 is 0 Å². The van der Waals surface area contributed by atoms with Gasteiger partial charge in [-0.25, -0.2) is 4.98 Å². The Morgan fingerprint density at radius 1 is 1.47 bits per heavy atom. The number of rotatable bonds is 4. The highest BCUT2D eigenvalue weighted by molar-refractivity contribution is 9.10. The molecule has 2 nitrogen and oxygen atoms in total. The lowest BCUT2D eigenvalue weighted by Gasteiger charge is -2.22.